The molecule has 0 heterocycles. The van der Waals surface area contributed by atoms with Crippen molar-refractivity contribution in [3.05, 3.63) is 0 Å². The first-order valence-corrected chi connectivity index (χ1v) is 5.76. The second kappa shape index (κ2) is 17.7. The molecule has 0 spiro atoms. The highest BCUT2D eigenvalue weighted by molar-refractivity contribution is 6.61. The summed E-state index contributed by atoms with van der Waals surface area (Å²) in [5.74, 6) is 0.608. The summed E-state index contributed by atoms with van der Waals surface area (Å²) in [6.07, 6.45) is -0.941. The normalized spacial score (nSPS) is 8.35. The van der Waals surface area contributed by atoms with Crippen molar-refractivity contribution in [1.29, 1.82) is 0 Å². The van der Waals surface area contributed by atoms with Crippen molar-refractivity contribution in [2.45, 2.75) is 42.5 Å². The van der Waals surface area contributed by atoms with E-state index >= 15 is 0 Å². The highest BCUT2D eigenvalue weighted by atomic mass is 35.5. The Morgan fingerprint density at radius 3 is 1.65 bits per heavy atom. The van der Waals surface area contributed by atoms with Crippen LogP contribution in [0.3, 0.4) is 0 Å². The zero-order valence-electron chi connectivity index (χ0n) is 11.0. The van der Waals surface area contributed by atoms with Crippen molar-refractivity contribution in [1.82, 2.24) is 0 Å². The molecule has 20 heavy (non-hydrogen) atoms. The van der Waals surface area contributed by atoms with Gasteiger partial charge in [0.25, 0.3) is 0 Å². The monoisotopic (exact) mass is 314 g/mol. The molecule has 0 atom stereocenters. The van der Waals surface area contributed by atoms with E-state index in [0.717, 1.165) is 0 Å². The van der Waals surface area contributed by atoms with Crippen LogP contribution in [0.1, 0.15) is 42.5 Å². The average Bonchev–Trinajstić information content (AvgIpc) is 2.25. The molecule has 6 nitrogen and oxygen atoms in total. The Balaban J connectivity index is -0.000000119. The fourth-order valence-electron chi connectivity index (χ4n) is 0.540. The standard InChI is InChI=1S/C6H10O4.C5H9ClO2.2CH4/c1-5(2)3-9-6(8)10-4-7;1-4(2)3-8-5(6)7;;/h4-5H,3H2,1-2H3;4H,3H2,1-2H3;2*1H4. The Morgan fingerprint density at radius 2 is 1.40 bits per heavy atom. The molecular formula is C13H27ClO6. The summed E-state index contributed by atoms with van der Waals surface area (Å²) < 4.78 is 12.7. The van der Waals surface area contributed by atoms with Crippen molar-refractivity contribution < 1.29 is 28.6 Å². The van der Waals surface area contributed by atoms with E-state index < -0.39 is 11.6 Å². The number of rotatable bonds is 5. The van der Waals surface area contributed by atoms with E-state index in [1.54, 1.807) is 0 Å². The lowest BCUT2D eigenvalue weighted by atomic mass is 10.2. The summed E-state index contributed by atoms with van der Waals surface area (Å²) in [5, 5.41) is 0. The van der Waals surface area contributed by atoms with Crippen LogP contribution < -0.4 is 0 Å². The van der Waals surface area contributed by atoms with Gasteiger partial charge in [0.2, 0.25) is 0 Å². The third-order valence-electron chi connectivity index (χ3n) is 1.21. The molecule has 7 heteroatoms. The van der Waals surface area contributed by atoms with Crippen molar-refractivity contribution in [3.63, 3.8) is 0 Å². The molecule has 0 saturated carbocycles. The van der Waals surface area contributed by atoms with E-state index in [4.69, 9.17) is 11.6 Å². The molecule has 122 valence electrons. The third kappa shape index (κ3) is 30.1. The molecule has 0 unspecified atom stereocenters. The first-order chi connectivity index (χ1) is 8.29. The zero-order chi connectivity index (χ0) is 14.6. The van der Waals surface area contributed by atoms with E-state index in [9.17, 15) is 14.4 Å². The van der Waals surface area contributed by atoms with Gasteiger partial charge in [-0.15, -0.1) is 0 Å². The fourth-order valence-corrected chi connectivity index (χ4v) is 0.603. The van der Waals surface area contributed by atoms with Crippen molar-refractivity contribution >= 4 is 29.7 Å². The van der Waals surface area contributed by atoms with Crippen LogP contribution in [0, 0.1) is 11.8 Å². The highest BCUT2D eigenvalue weighted by Gasteiger charge is 2.03. The SMILES string of the molecule is C.C.CC(C)COC(=O)Cl.CC(C)COC(=O)OC=O. The van der Waals surface area contributed by atoms with Crippen LogP contribution in [0.4, 0.5) is 9.59 Å². The van der Waals surface area contributed by atoms with Crippen molar-refractivity contribution in [2.24, 2.45) is 11.8 Å². The fraction of sp³-hybridized carbons (Fsp3) is 0.769. The van der Waals surface area contributed by atoms with Crippen LogP contribution in [0.15, 0.2) is 0 Å². The van der Waals surface area contributed by atoms with E-state index in [1.807, 2.05) is 27.7 Å². The smallest absolute Gasteiger partial charge is 0.453 e. The highest BCUT2D eigenvalue weighted by Crippen LogP contribution is 1.95. The number of hydrogen-bond acceptors (Lipinski definition) is 6. The molecule has 0 radical (unpaired) electrons. The first-order valence-electron chi connectivity index (χ1n) is 5.38. The van der Waals surface area contributed by atoms with Gasteiger partial charge in [-0.25, -0.2) is 9.59 Å². The molecule has 0 bridgehead atoms. The van der Waals surface area contributed by atoms with Crippen LogP contribution in [0.2, 0.25) is 0 Å². The van der Waals surface area contributed by atoms with Gasteiger partial charge in [0, 0.05) is 11.6 Å². The van der Waals surface area contributed by atoms with Gasteiger partial charge in [-0.1, -0.05) is 42.5 Å². The predicted molar refractivity (Wildman–Crippen MR) is 78.8 cm³/mol. The molecule has 0 saturated heterocycles. The minimum atomic E-state index is -0.941. The summed E-state index contributed by atoms with van der Waals surface area (Å²) in [4.78, 5) is 29.7. The Bertz CT molecular complexity index is 253. The molecule has 0 fully saturated rings. The number of halogens is 1. The van der Waals surface area contributed by atoms with E-state index in [0.29, 0.717) is 12.5 Å². The van der Waals surface area contributed by atoms with Crippen molar-refractivity contribution in [2.75, 3.05) is 13.2 Å². The molecular weight excluding hydrogens is 288 g/mol. The Kier molecular flexibility index (Phi) is 24.0. The van der Waals surface area contributed by atoms with Crippen molar-refractivity contribution in [3.8, 4) is 0 Å². The lowest BCUT2D eigenvalue weighted by Crippen LogP contribution is -2.10. The maximum atomic E-state index is 10.3. The summed E-state index contributed by atoms with van der Waals surface area (Å²) in [5.41, 5.74) is -0.723. The van der Waals surface area contributed by atoms with Gasteiger partial charge in [0.05, 0.1) is 13.2 Å². The number of carbonyl (C=O) groups is 3. The Labute approximate surface area is 126 Å². The van der Waals surface area contributed by atoms with E-state index in [1.165, 1.54) is 0 Å². The lowest BCUT2D eigenvalue weighted by molar-refractivity contribution is -0.125. The van der Waals surface area contributed by atoms with Crippen LogP contribution in [0.25, 0.3) is 0 Å². The van der Waals surface area contributed by atoms with Crippen LogP contribution in [-0.4, -0.2) is 31.3 Å². The van der Waals surface area contributed by atoms with Gasteiger partial charge in [-0.05, 0) is 11.8 Å². The van der Waals surface area contributed by atoms with Gasteiger partial charge in [-0.2, -0.15) is 0 Å². The maximum Gasteiger partial charge on any atom is 0.515 e. The quantitative estimate of drug-likeness (QED) is 0.327. The van der Waals surface area contributed by atoms with Gasteiger partial charge in [0.15, 0.2) is 0 Å². The molecule has 0 N–H and O–H groups in total. The molecule has 0 aromatic carbocycles. The summed E-state index contributed by atoms with van der Waals surface area (Å²) in [7, 11) is 0. The Morgan fingerprint density at radius 1 is 1.00 bits per heavy atom. The average molecular weight is 315 g/mol. The second-order valence-electron chi connectivity index (χ2n) is 4.11. The minimum Gasteiger partial charge on any atom is -0.453 e. The van der Waals surface area contributed by atoms with Crippen LogP contribution in [-0.2, 0) is 19.0 Å². The summed E-state index contributed by atoms with van der Waals surface area (Å²) in [6.45, 7) is 8.37. The third-order valence-corrected chi connectivity index (χ3v) is 1.32. The molecule has 0 amide bonds. The van der Waals surface area contributed by atoms with E-state index in [2.05, 4.69) is 14.2 Å². The molecule has 0 aliphatic carbocycles. The summed E-state index contributed by atoms with van der Waals surface area (Å²) in [6, 6.07) is 0. The zero-order valence-corrected chi connectivity index (χ0v) is 11.7. The number of hydrogen-bond donors (Lipinski definition) is 0. The minimum absolute atomic E-state index is 0. The van der Waals surface area contributed by atoms with Crippen LogP contribution in [0.5, 0.6) is 0 Å². The van der Waals surface area contributed by atoms with E-state index in [-0.39, 0.29) is 33.9 Å². The van der Waals surface area contributed by atoms with Gasteiger partial charge >= 0.3 is 18.1 Å². The largest absolute Gasteiger partial charge is 0.515 e. The number of ether oxygens (including phenoxy) is 3. The molecule has 0 aromatic rings. The molecule has 0 aromatic heterocycles. The lowest BCUT2D eigenvalue weighted by Gasteiger charge is -2.03. The molecule has 0 aliphatic heterocycles. The second-order valence-corrected chi connectivity index (χ2v) is 4.42. The summed E-state index contributed by atoms with van der Waals surface area (Å²) >= 11 is 4.86. The van der Waals surface area contributed by atoms with Gasteiger partial charge in [-0.3, -0.25) is 4.79 Å². The van der Waals surface area contributed by atoms with Gasteiger partial charge < -0.3 is 14.2 Å². The van der Waals surface area contributed by atoms with Gasteiger partial charge in [0.1, 0.15) is 0 Å². The topological polar surface area (TPSA) is 78.9 Å². The molecule has 0 aliphatic rings. The maximum absolute atomic E-state index is 10.3. The first kappa shape index (κ1) is 27.1. The predicted octanol–water partition coefficient (Wildman–Crippen LogP) is 4.24. The number of carbonyl (C=O) groups excluding carboxylic acids is 3. The molecule has 0 rings (SSSR count). The Hall–Kier alpha value is -1.30. The van der Waals surface area contributed by atoms with Crippen LogP contribution >= 0.6 is 11.6 Å².